The highest BCUT2D eigenvalue weighted by Crippen LogP contribution is 2.34. The predicted molar refractivity (Wildman–Crippen MR) is 92.0 cm³/mol. The van der Waals surface area contributed by atoms with Crippen LogP contribution in [0.5, 0.6) is 11.5 Å². The quantitative estimate of drug-likeness (QED) is 0.231. The van der Waals surface area contributed by atoms with Crippen molar-refractivity contribution in [2.45, 2.75) is 6.42 Å². The van der Waals surface area contributed by atoms with Crippen LogP contribution < -0.4 is 9.47 Å². The van der Waals surface area contributed by atoms with Crippen LogP contribution in [0.2, 0.25) is 0 Å². The molecule has 8 heteroatoms. The number of allylic oxidation sites excluding steroid dienone is 1. The van der Waals surface area contributed by atoms with Crippen LogP contribution in [0, 0.1) is 0 Å². The van der Waals surface area contributed by atoms with Crippen molar-refractivity contribution in [3.05, 3.63) is 41.5 Å². The smallest absolute Gasteiger partial charge is 0.345 e. The van der Waals surface area contributed by atoms with Crippen molar-refractivity contribution in [1.29, 1.82) is 0 Å². The molecule has 0 aliphatic heterocycles. The molecule has 1 aromatic rings. The van der Waals surface area contributed by atoms with Gasteiger partial charge >= 0.3 is 17.9 Å². The Morgan fingerprint density at radius 1 is 1.12 bits per heavy atom. The Hall–Kier alpha value is -3.29. The van der Waals surface area contributed by atoms with E-state index in [1.807, 2.05) is 0 Å². The maximum Gasteiger partial charge on any atom is 0.345 e. The second-order valence-corrected chi connectivity index (χ2v) is 4.93. The largest absolute Gasteiger partial charge is 0.493 e. The highest BCUT2D eigenvalue weighted by atomic mass is 16.5. The van der Waals surface area contributed by atoms with Crippen molar-refractivity contribution in [3.8, 4) is 11.5 Å². The van der Waals surface area contributed by atoms with Crippen molar-refractivity contribution >= 4 is 24.0 Å². The zero-order chi connectivity index (χ0) is 19.7. The summed E-state index contributed by atoms with van der Waals surface area (Å²) in [5.41, 5.74) is 0.703. The molecule has 0 aromatic heterocycles. The third-order valence-electron chi connectivity index (χ3n) is 3.20. The number of carboxylic acids is 1. The minimum Gasteiger partial charge on any atom is -0.493 e. The van der Waals surface area contributed by atoms with E-state index in [4.69, 9.17) is 14.6 Å². The van der Waals surface area contributed by atoms with Crippen molar-refractivity contribution in [2.24, 2.45) is 0 Å². The van der Waals surface area contributed by atoms with Gasteiger partial charge < -0.3 is 24.1 Å². The molecule has 0 atom stereocenters. The Kier molecular flexibility index (Phi) is 7.88. The minimum atomic E-state index is -1.14. The van der Waals surface area contributed by atoms with Crippen molar-refractivity contribution in [3.63, 3.8) is 0 Å². The number of hydrogen-bond acceptors (Lipinski definition) is 7. The molecule has 0 radical (unpaired) electrons. The van der Waals surface area contributed by atoms with E-state index in [1.165, 1.54) is 19.3 Å². The van der Waals surface area contributed by atoms with Crippen molar-refractivity contribution < 1.29 is 38.4 Å². The van der Waals surface area contributed by atoms with E-state index in [2.05, 4.69) is 16.1 Å². The van der Waals surface area contributed by atoms with Gasteiger partial charge in [-0.25, -0.2) is 14.4 Å². The Bertz CT molecular complexity index is 715. The van der Waals surface area contributed by atoms with Crippen LogP contribution in [-0.4, -0.2) is 51.0 Å². The molecule has 0 spiro atoms. The van der Waals surface area contributed by atoms with E-state index in [1.54, 1.807) is 12.1 Å². The molecule has 0 heterocycles. The van der Waals surface area contributed by atoms with Crippen LogP contribution in [0.15, 0.2) is 30.4 Å². The summed E-state index contributed by atoms with van der Waals surface area (Å²) in [6, 6.07) is 3.11. The highest BCUT2D eigenvalue weighted by molar-refractivity contribution is 6.17. The molecular weight excluding hydrogens is 344 g/mol. The fourth-order valence-corrected chi connectivity index (χ4v) is 2.11. The summed E-state index contributed by atoms with van der Waals surface area (Å²) in [6.07, 6.45) is 3.23. The first kappa shape index (κ1) is 20.8. The standard InChI is InChI=1S/C18H20O8/c1-5-6-12-7-11(8-13(17(21)24-3)18(22)25-4)9-14(23-2)16(12)26-10-15(19)20/h5,7-9H,1,6,10H2,2-4H3,(H,19,20). The summed E-state index contributed by atoms with van der Waals surface area (Å²) in [4.78, 5) is 34.4. The lowest BCUT2D eigenvalue weighted by molar-refractivity contribution is -0.144. The fraction of sp³-hybridized carbons (Fsp3) is 0.278. The Balaban J connectivity index is 3.47. The first-order valence-electron chi connectivity index (χ1n) is 7.42. The molecule has 1 N–H and O–H groups in total. The van der Waals surface area contributed by atoms with Crippen LogP contribution >= 0.6 is 0 Å². The summed E-state index contributed by atoms with van der Waals surface area (Å²) >= 11 is 0. The van der Waals surface area contributed by atoms with Gasteiger partial charge in [0.25, 0.3) is 0 Å². The summed E-state index contributed by atoms with van der Waals surface area (Å²) in [5.74, 6) is -2.37. The van der Waals surface area contributed by atoms with Crippen LogP contribution in [0.1, 0.15) is 11.1 Å². The zero-order valence-electron chi connectivity index (χ0n) is 14.7. The van der Waals surface area contributed by atoms with Gasteiger partial charge in [0.15, 0.2) is 18.1 Å². The molecule has 0 fully saturated rings. The average molecular weight is 364 g/mol. The molecule has 26 heavy (non-hydrogen) atoms. The van der Waals surface area contributed by atoms with Gasteiger partial charge in [-0.2, -0.15) is 0 Å². The number of ether oxygens (including phenoxy) is 4. The normalized spacial score (nSPS) is 9.65. The monoisotopic (exact) mass is 364 g/mol. The van der Waals surface area contributed by atoms with Crippen LogP contribution in [0.4, 0.5) is 0 Å². The van der Waals surface area contributed by atoms with E-state index in [9.17, 15) is 14.4 Å². The van der Waals surface area contributed by atoms with Gasteiger partial charge in [0, 0.05) is 5.56 Å². The second-order valence-electron chi connectivity index (χ2n) is 4.93. The summed E-state index contributed by atoms with van der Waals surface area (Å²) in [6.45, 7) is 3.09. The number of esters is 2. The topological polar surface area (TPSA) is 108 Å². The third kappa shape index (κ3) is 5.37. The maximum atomic E-state index is 11.8. The number of carbonyl (C=O) groups is 3. The molecule has 0 saturated carbocycles. The second kappa shape index (κ2) is 9.87. The van der Waals surface area contributed by atoms with E-state index >= 15 is 0 Å². The molecule has 0 saturated heterocycles. The molecule has 8 nitrogen and oxygen atoms in total. The summed E-state index contributed by atoms with van der Waals surface area (Å²) < 4.78 is 19.7. The lowest BCUT2D eigenvalue weighted by Crippen LogP contribution is -2.15. The van der Waals surface area contributed by atoms with Crippen LogP contribution in [-0.2, 0) is 30.3 Å². The van der Waals surface area contributed by atoms with E-state index < -0.39 is 24.5 Å². The fourth-order valence-electron chi connectivity index (χ4n) is 2.11. The van der Waals surface area contributed by atoms with Crippen molar-refractivity contribution in [1.82, 2.24) is 0 Å². The number of hydrogen-bond donors (Lipinski definition) is 1. The minimum absolute atomic E-state index is 0.240. The number of aliphatic carboxylic acids is 1. The van der Waals surface area contributed by atoms with Gasteiger partial charge in [-0.3, -0.25) is 0 Å². The first-order valence-corrected chi connectivity index (χ1v) is 7.42. The molecule has 1 aromatic carbocycles. The number of rotatable bonds is 9. The van der Waals surface area contributed by atoms with Crippen LogP contribution in [0.3, 0.4) is 0 Å². The number of benzene rings is 1. The van der Waals surface area contributed by atoms with Gasteiger partial charge in [-0.15, -0.1) is 6.58 Å². The highest BCUT2D eigenvalue weighted by Gasteiger charge is 2.21. The van der Waals surface area contributed by atoms with E-state index in [0.717, 1.165) is 14.2 Å². The van der Waals surface area contributed by atoms with Gasteiger partial charge in [0.2, 0.25) is 0 Å². The van der Waals surface area contributed by atoms with E-state index in [0.29, 0.717) is 17.5 Å². The van der Waals surface area contributed by atoms with Gasteiger partial charge in [-0.1, -0.05) is 6.08 Å². The predicted octanol–water partition coefficient (Wildman–Crippen LogP) is 1.62. The first-order chi connectivity index (χ1) is 12.4. The molecule has 0 unspecified atom stereocenters. The van der Waals surface area contributed by atoms with Crippen molar-refractivity contribution in [2.75, 3.05) is 27.9 Å². The average Bonchev–Trinajstić information content (AvgIpc) is 2.63. The molecule has 0 aliphatic rings. The molecule has 0 amide bonds. The molecule has 140 valence electrons. The number of carboxylic acid groups (broad SMARTS) is 1. The molecule has 0 aliphatic carbocycles. The number of methoxy groups -OCH3 is 3. The molecule has 0 bridgehead atoms. The third-order valence-corrected chi connectivity index (χ3v) is 3.20. The van der Waals surface area contributed by atoms with Gasteiger partial charge in [0.1, 0.15) is 5.57 Å². The lowest BCUT2D eigenvalue weighted by atomic mass is 10.0. The summed E-state index contributed by atoms with van der Waals surface area (Å²) in [7, 11) is 3.67. The molecular formula is C18H20O8. The van der Waals surface area contributed by atoms with Crippen LogP contribution in [0.25, 0.3) is 6.08 Å². The SMILES string of the molecule is C=CCc1cc(C=C(C(=O)OC)C(=O)OC)cc(OC)c1OCC(=O)O. The molecule has 1 rings (SSSR count). The zero-order valence-corrected chi connectivity index (χ0v) is 14.7. The Morgan fingerprint density at radius 3 is 2.19 bits per heavy atom. The summed E-state index contributed by atoms with van der Waals surface area (Å²) in [5, 5.41) is 8.81. The maximum absolute atomic E-state index is 11.8. The Morgan fingerprint density at radius 2 is 1.73 bits per heavy atom. The van der Waals surface area contributed by atoms with Gasteiger partial charge in [0.05, 0.1) is 21.3 Å². The van der Waals surface area contributed by atoms with E-state index in [-0.39, 0.29) is 17.1 Å². The Labute approximate surface area is 150 Å². The van der Waals surface area contributed by atoms with Gasteiger partial charge in [-0.05, 0) is 30.2 Å². The lowest BCUT2D eigenvalue weighted by Gasteiger charge is -2.15. The number of carbonyl (C=O) groups excluding carboxylic acids is 2.